The van der Waals surface area contributed by atoms with E-state index in [9.17, 15) is 24.7 Å². The van der Waals surface area contributed by atoms with Gasteiger partial charge in [0.15, 0.2) is 15.2 Å². The van der Waals surface area contributed by atoms with Gasteiger partial charge in [0.2, 0.25) is 0 Å². The van der Waals surface area contributed by atoms with E-state index in [2.05, 4.69) is 20.4 Å². The number of carbonyl (C=O) groups is 3. The molecule has 18 heteroatoms. The first-order chi connectivity index (χ1) is 17.2. The number of amidine groups is 1. The summed E-state index contributed by atoms with van der Waals surface area (Å²) in [6.45, 7) is 0. The average molecular weight is 587 g/mol. The van der Waals surface area contributed by atoms with E-state index in [1.165, 1.54) is 56.9 Å². The van der Waals surface area contributed by atoms with Crippen LogP contribution < -0.4 is 16.8 Å². The number of thiazole rings is 2. The van der Waals surface area contributed by atoms with E-state index in [1.54, 1.807) is 0 Å². The SMILES string of the molecule is N=C(N)CSc1csc(SCC2=C(C(=O)O)N3C(=O)[C@@H](NC(=O)/C(=N\O)c4csc(N)n4)[C@@H]3SC2)n1. The second-order valence-electron chi connectivity index (χ2n) is 7.19. The topological polar surface area (TPSA) is 221 Å². The second kappa shape index (κ2) is 11.1. The van der Waals surface area contributed by atoms with Gasteiger partial charge in [-0.1, -0.05) is 28.7 Å². The molecule has 2 amide bonds. The normalized spacial score (nSPS) is 19.6. The molecule has 2 atom stereocenters. The lowest BCUT2D eigenvalue weighted by Crippen LogP contribution is -2.71. The standard InChI is InChI=1S/C18H18N8O5S5/c19-8(20)4-32-9-5-36-18(23-9)35-2-6-1-33-15-11(14(28)26(15)12(6)16(29)30)24-13(27)10(25-31)7-3-34-17(21)22-7/h3,5,11,15,31H,1-2,4H2,(H3,19,20)(H2,21,22)(H,24,27)(H,29,30)/b25-10-/t11-,15+/m1/s1. The Kier molecular flexibility index (Phi) is 8.08. The Hall–Kier alpha value is -2.80. The largest absolute Gasteiger partial charge is 0.477 e. The molecule has 2 aromatic heterocycles. The van der Waals surface area contributed by atoms with Crippen LogP contribution in [0.15, 0.2) is 36.6 Å². The summed E-state index contributed by atoms with van der Waals surface area (Å²) >= 11 is 6.48. The number of carbonyl (C=O) groups excluding carboxylic acids is 2. The van der Waals surface area contributed by atoms with Gasteiger partial charge < -0.3 is 27.1 Å². The van der Waals surface area contributed by atoms with Gasteiger partial charge in [0.25, 0.3) is 11.8 Å². The molecule has 36 heavy (non-hydrogen) atoms. The number of aromatic nitrogens is 2. The molecular weight excluding hydrogens is 569 g/mol. The van der Waals surface area contributed by atoms with Crippen LogP contribution in [0.25, 0.3) is 0 Å². The van der Waals surface area contributed by atoms with Gasteiger partial charge in [-0.2, -0.15) is 0 Å². The van der Waals surface area contributed by atoms with Crippen molar-refractivity contribution in [3.63, 3.8) is 0 Å². The Balaban J connectivity index is 1.42. The highest BCUT2D eigenvalue weighted by Gasteiger charge is 2.54. The fraction of sp³-hybridized carbons (Fsp3) is 0.278. The van der Waals surface area contributed by atoms with Gasteiger partial charge in [-0.3, -0.25) is 19.9 Å². The van der Waals surface area contributed by atoms with Crippen molar-refractivity contribution in [3.8, 4) is 0 Å². The summed E-state index contributed by atoms with van der Waals surface area (Å²) < 4.78 is 0.726. The number of thioether (sulfide) groups is 3. The maximum absolute atomic E-state index is 12.9. The van der Waals surface area contributed by atoms with Crippen LogP contribution in [-0.4, -0.2) is 83.2 Å². The molecule has 190 valence electrons. The number of amides is 2. The van der Waals surface area contributed by atoms with Crippen molar-refractivity contribution in [2.75, 3.05) is 23.0 Å². The predicted molar refractivity (Wildman–Crippen MR) is 140 cm³/mol. The highest BCUT2D eigenvalue weighted by Crippen LogP contribution is 2.42. The molecule has 2 aliphatic rings. The number of nitrogens with two attached hydrogens (primary N) is 2. The zero-order valence-electron chi connectivity index (χ0n) is 18.0. The molecule has 0 saturated carbocycles. The molecule has 0 bridgehead atoms. The number of carboxylic acid groups (broad SMARTS) is 1. The molecule has 2 aromatic rings. The molecular formula is C18H18N8O5S5. The molecule has 0 aliphatic carbocycles. The van der Waals surface area contributed by atoms with E-state index in [1.807, 2.05) is 5.38 Å². The Bertz CT molecular complexity index is 1290. The van der Waals surface area contributed by atoms with Crippen molar-refractivity contribution >= 4 is 92.4 Å². The summed E-state index contributed by atoms with van der Waals surface area (Å²) in [5.41, 5.74) is 11.0. The number of aliphatic carboxylic acids is 1. The summed E-state index contributed by atoms with van der Waals surface area (Å²) in [6, 6.07) is -0.987. The molecule has 8 N–H and O–H groups in total. The predicted octanol–water partition coefficient (Wildman–Crippen LogP) is 0.919. The van der Waals surface area contributed by atoms with Crippen LogP contribution >= 0.6 is 58.0 Å². The minimum atomic E-state index is -1.23. The molecule has 1 fully saturated rings. The zero-order valence-corrected chi connectivity index (χ0v) is 22.1. The van der Waals surface area contributed by atoms with Gasteiger partial charge in [0.1, 0.15) is 33.7 Å². The summed E-state index contributed by atoms with van der Waals surface area (Å²) in [7, 11) is 0. The lowest BCUT2D eigenvalue weighted by Gasteiger charge is -2.49. The quantitative estimate of drug-likeness (QED) is 0.0571. The van der Waals surface area contributed by atoms with Crippen LogP contribution in [0, 0.1) is 5.41 Å². The third-order valence-corrected chi connectivity index (χ3v) is 10.1. The van der Waals surface area contributed by atoms with Gasteiger partial charge in [0, 0.05) is 22.3 Å². The maximum atomic E-state index is 12.9. The highest BCUT2D eigenvalue weighted by atomic mass is 32.2. The molecule has 4 heterocycles. The van der Waals surface area contributed by atoms with Crippen molar-refractivity contribution in [1.82, 2.24) is 20.2 Å². The lowest BCUT2D eigenvalue weighted by molar-refractivity contribution is -0.150. The number of oxime groups is 1. The summed E-state index contributed by atoms with van der Waals surface area (Å²) in [5, 5.41) is 35.4. The minimum Gasteiger partial charge on any atom is -0.477 e. The van der Waals surface area contributed by atoms with Crippen molar-refractivity contribution < 1.29 is 24.7 Å². The molecule has 2 aliphatic heterocycles. The van der Waals surface area contributed by atoms with Crippen LogP contribution in [0.2, 0.25) is 0 Å². The summed E-state index contributed by atoms with van der Waals surface area (Å²) in [4.78, 5) is 47.0. The van der Waals surface area contributed by atoms with Crippen molar-refractivity contribution in [1.29, 1.82) is 5.41 Å². The molecule has 0 spiro atoms. The zero-order chi connectivity index (χ0) is 26.0. The summed E-state index contributed by atoms with van der Waals surface area (Å²) in [6.07, 6.45) is 0. The minimum absolute atomic E-state index is 0.0497. The van der Waals surface area contributed by atoms with E-state index >= 15 is 0 Å². The van der Waals surface area contributed by atoms with E-state index in [-0.39, 0.29) is 22.4 Å². The Morgan fingerprint density at radius 2 is 2.08 bits per heavy atom. The number of nitrogens with one attached hydrogen (secondary N) is 2. The molecule has 0 aromatic carbocycles. The summed E-state index contributed by atoms with van der Waals surface area (Å²) in [5.74, 6) is -1.60. The first kappa shape index (κ1) is 26.3. The fourth-order valence-electron chi connectivity index (χ4n) is 3.29. The molecule has 0 radical (unpaired) electrons. The van der Waals surface area contributed by atoms with Crippen LogP contribution in [0.3, 0.4) is 0 Å². The number of hydrogen-bond donors (Lipinski definition) is 6. The highest BCUT2D eigenvalue weighted by molar-refractivity contribution is 8.02. The number of fused-ring (bicyclic) bond motifs is 1. The third kappa shape index (κ3) is 5.46. The van der Waals surface area contributed by atoms with E-state index < -0.39 is 34.9 Å². The third-order valence-electron chi connectivity index (χ3n) is 4.82. The lowest BCUT2D eigenvalue weighted by atomic mass is 10.0. The Morgan fingerprint density at radius 3 is 2.72 bits per heavy atom. The van der Waals surface area contributed by atoms with E-state index in [0.29, 0.717) is 22.8 Å². The van der Waals surface area contributed by atoms with Crippen LogP contribution in [0.4, 0.5) is 5.13 Å². The van der Waals surface area contributed by atoms with Crippen LogP contribution in [0.1, 0.15) is 5.69 Å². The van der Waals surface area contributed by atoms with Crippen LogP contribution in [-0.2, 0) is 14.4 Å². The number of rotatable bonds is 10. The van der Waals surface area contributed by atoms with Gasteiger partial charge in [-0.25, -0.2) is 14.8 Å². The van der Waals surface area contributed by atoms with E-state index in [0.717, 1.165) is 20.7 Å². The first-order valence-electron chi connectivity index (χ1n) is 9.88. The number of anilines is 1. The van der Waals surface area contributed by atoms with Crippen molar-refractivity contribution in [2.45, 2.75) is 20.8 Å². The second-order valence-corrected chi connectivity index (χ2v) is 12.3. The van der Waals surface area contributed by atoms with Gasteiger partial charge in [-0.05, 0) is 5.57 Å². The number of β-lactam (4-membered cyclic amide) rings is 1. The molecule has 0 unspecified atom stereocenters. The number of hydrogen-bond acceptors (Lipinski definition) is 14. The average Bonchev–Trinajstić information content (AvgIpc) is 3.48. The number of carboxylic acids is 1. The Labute approximate surface area is 224 Å². The van der Waals surface area contributed by atoms with E-state index in [4.69, 9.17) is 16.9 Å². The number of nitrogen functional groups attached to an aromatic ring is 1. The first-order valence-corrected chi connectivity index (χ1v) is 14.7. The Morgan fingerprint density at radius 1 is 1.31 bits per heavy atom. The monoisotopic (exact) mass is 586 g/mol. The van der Waals surface area contributed by atoms with Crippen molar-refractivity contribution in [3.05, 3.63) is 27.7 Å². The smallest absolute Gasteiger partial charge is 0.352 e. The fourth-order valence-corrected chi connectivity index (χ4v) is 8.00. The van der Waals surface area contributed by atoms with Gasteiger partial charge in [0.05, 0.1) is 5.75 Å². The molecule has 13 nitrogen and oxygen atoms in total. The molecule has 1 saturated heterocycles. The molecule has 4 rings (SSSR count). The maximum Gasteiger partial charge on any atom is 0.352 e. The number of nitrogens with zero attached hydrogens (tertiary/aromatic N) is 4. The van der Waals surface area contributed by atoms with Crippen molar-refractivity contribution in [2.24, 2.45) is 10.9 Å². The van der Waals surface area contributed by atoms with Gasteiger partial charge in [-0.15, -0.1) is 34.4 Å². The van der Waals surface area contributed by atoms with Gasteiger partial charge >= 0.3 is 5.97 Å². The van der Waals surface area contributed by atoms with Crippen LogP contribution in [0.5, 0.6) is 0 Å².